The topological polar surface area (TPSA) is 43.6 Å². The fourth-order valence-corrected chi connectivity index (χ4v) is 9.97. The minimum Gasteiger partial charge on any atom is -0.309 e. The van der Waals surface area contributed by atoms with Gasteiger partial charge in [-0.15, -0.1) is 11.3 Å². The molecule has 0 aliphatic rings. The van der Waals surface area contributed by atoms with Crippen molar-refractivity contribution in [1.82, 2.24) is 19.5 Å². The molecule has 9 aromatic carbocycles. The van der Waals surface area contributed by atoms with E-state index in [1.54, 1.807) is 0 Å². The van der Waals surface area contributed by atoms with E-state index >= 15 is 0 Å². The van der Waals surface area contributed by atoms with Crippen molar-refractivity contribution in [2.45, 2.75) is 0 Å². The van der Waals surface area contributed by atoms with Gasteiger partial charge < -0.3 is 4.57 Å². The Balaban J connectivity index is 1.17. The highest BCUT2D eigenvalue weighted by Crippen LogP contribution is 2.44. The predicted octanol–water partition coefficient (Wildman–Crippen LogP) is 14.3. The van der Waals surface area contributed by atoms with E-state index in [-0.39, 0.29) is 0 Å². The van der Waals surface area contributed by atoms with E-state index in [2.05, 4.69) is 180 Å². The van der Waals surface area contributed by atoms with Crippen LogP contribution in [0.2, 0.25) is 0 Å². The lowest BCUT2D eigenvalue weighted by atomic mass is 9.96. The first kappa shape index (κ1) is 32.7. The summed E-state index contributed by atoms with van der Waals surface area (Å²) in [4.78, 5) is 15.8. The first-order valence-corrected chi connectivity index (χ1v) is 20.3. The first-order chi connectivity index (χ1) is 28.7. The number of hydrogen-bond donors (Lipinski definition) is 0. The van der Waals surface area contributed by atoms with Gasteiger partial charge >= 0.3 is 0 Å². The lowest BCUT2D eigenvalue weighted by molar-refractivity contribution is 1.08. The van der Waals surface area contributed by atoms with Crippen LogP contribution >= 0.6 is 11.3 Å². The molecule has 0 N–H and O–H groups in total. The quantitative estimate of drug-likeness (QED) is 0.176. The number of para-hydroxylation sites is 1. The van der Waals surface area contributed by atoms with Crippen LogP contribution < -0.4 is 0 Å². The number of rotatable bonds is 5. The molecule has 0 saturated carbocycles. The van der Waals surface area contributed by atoms with Crippen LogP contribution in [-0.4, -0.2) is 19.5 Å². The normalized spacial score (nSPS) is 11.8. The van der Waals surface area contributed by atoms with Gasteiger partial charge in [-0.05, 0) is 69.6 Å². The van der Waals surface area contributed by atoms with Crippen LogP contribution in [-0.2, 0) is 0 Å². The lowest BCUT2D eigenvalue weighted by Crippen LogP contribution is -2.02. The van der Waals surface area contributed by atoms with Crippen LogP contribution in [0.1, 0.15) is 0 Å². The van der Waals surface area contributed by atoms with Gasteiger partial charge in [0, 0.05) is 58.9 Å². The average molecular weight is 757 g/mol. The average Bonchev–Trinajstić information content (AvgIpc) is 3.83. The van der Waals surface area contributed by atoms with E-state index in [0.29, 0.717) is 17.5 Å². The third-order valence-corrected chi connectivity index (χ3v) is 12.7. The monoisotopic (exact) mass is 756 g/mol. The number of aromatic nitrogens is 4. The molecule has 0 bridgehead atoms. The SMILES string of the molecule is c1ccc(-c2nc(-c3ccc(-n4c5ccccc5c5cc6ccccc6cc54)cc3-c3cccc4c3sc3ccccc34)nc(-c3cccc4ccccc34)n2)cc1. The van der Waals surface area contributed by atoms with Gasteiger partial charge in [-0.3, -0.25) is 0 Å². The summed E-state index contributed by atoms with van der Waals surface area (Å²) in [5, 5.41) is 9.66. The van der Waals surface area contributed by atoms with Crippen molar-refractivity contribution < 1.29 is 0 Å². The number of hydrogen-bond acceptors (Lipinski definition) is 4. The summed E-state index contributed by atoms with van der Waals surface area (Å²) in [6.45, 7) is 0. The predicted molar refractivity (Wildman–Crippen MR) is 244 cm³/mol. The van der Waals surface area contributed by atoms with E-state index in [1.165, 1.54) is 47.2 Å². The summed E-state index contributed by atoms with van der Waals surface area (Å²) in [6.07, 6.45) is 0. The van der Waals surface area contributed by atoms with E-state index in [1.807, 2.05) is 29.5 Å². The zero-order valence-electron chi connectivity index (χ0n) is 31.2. The maximum absolute atomic E-state index is 5.36. The maximum atomic E-state index is 5.36. The van der Waals surface area contributed by atoms with Crippen molar-refractivity contribution in [3.63, 3.8) is 0 Å². The van der Waals surface area contributed by atoms with E-state index in [4.69, 9.17) is 15.0 Å². The summed E-state index contributed by atoms with van der Waals surface area (Å²) in [7, 11) is 0. The first-order valence-electron chi connectivity index (χ1n) is 19.5. The Bertz CT molecular complexity index is 3580. The maximum Gasteiger partial charge on any atom is 0.164 e. The summed E-state index contributed by atoms with van der Waals surface area (Å²) < 4.78 is 4.92. The molecule has 0 saturated heterocycles. The van der Waals surface area contributed by atoms with Crippen LogP contribution in [0.25, 0.3) is 115 Å². The Morgan fingerprint density at radius 2 is 0.966 bits per heavy atom. The fourth-order valence-electron chi connectivity index (χ4n) is 8.74. The van der Waals surface area contributed by atoms with Crippen molar-refractivity contribution in [3.8, 4) is 51.0 Å². The fraction of sp³-hybridized carbons (Fsp3) is 0. The number of nitrogens with zero attached hydrogens (tertiary/aromatic N) is 4. The highest BCUT2D eigenvalue weighted by atomic mass is 32.1. The van der Waals surface area contributed by atoms with Gasteiger partial charge in [0.2, 0.25) is 0 Å². The van der Waals surface area contributed by atoms with Crippen molar-refractivity contribution in [2.24, 2.45) is 0 Å². The molecule has 0 fully saturated rings. The second-order valence-corrected chi connectivity index (χ2v) is 15.8. The molecule has 0 unspecified atom stereocenters. The molecule has 0 amide bonds. The van der Waals surface area contributed by atoms with Crippen molar-refractivity contribution in [3.05, 3.63) is 194 Å². The highest BCUT2D eigenvalue weighted by Gasteiger charge is 2.21. The minimum absolute atomic E-state index is 0.629. The molecule has 0 radical (unpaired) electrons. The Morgan fingerprint density at radius 1 is 0.345 bits per heavy atom. The summed E-state index contributed by atoms with van der Waals surface area (Å²) >= 11 is 1.84. The molecule has 3 heterocycles. The molecule has 270 valence electrons. The zero-order valence-corrected chi connectivity index (χ0v) is 32.0. The van der Waals surface area contributed by atoms with E-state index < -0.39 is 0 Å². The molecule has 0 aliphatic heterocycles. The van der Waals surface area contributed by atoms with Gasteiger partial charge in [-0.1, -0.05) is 152 Å². The van der Waals surface area contributed by atoms with E-state index in [0.717, 1.165) is 49.8 Å². The van der Waals surface area contributed by atoms with Gasteiger partial charge in [0.05, 0.1) is 11.0 Å². The van der Waals surface area contributed by atoms with Crippen LogP contribution in [0.4, 0.5) is 0 Å². The molecule has 3 aromatic heterocycles. The molecular weight excluding hydrogens is 725 g/mol. The zero-order chi connectivity index (χ0) is 38.2. The van der Waals surface area contributed by atoms with Gasteiger partial charge in [0.25, 0.3) is 0 Å². The molecule has 4 nitrogen and oxygen atoms in total. The second kappa shape index (κ2) is 13.1. The Morgan fingerprint density at radius 3 is 1.83 bits per heavy atom. The van der Waals surface area contributed by atoms with Crippen LogP contribution in [0, 0.1) is 0 Å². The second-order valence-electron chi connectivity index (χ2n) is 14.8. The number of thiophene rings is 1. The van der Waals surface area contributed by atoms with Crippen molar-refractivity contribution in [1.29, 1.82) is 0 Å². The largest absolute Gasteiger partial charge is 0.309 e. The van der Waals surface area contributed by atoms with Crippen molar-refractivity contribution >= 4 is 74.9 Å². The van der Waals surface area contributed by atoms with Gasteiger partial charge in [0.15, 0.2) is 17.5 Å². The van der Waals surface area contributed by atoms with Crippen molar-refractivity contribution in [2.75, 3.05) is 0 Å². The Kier molecular flexibility index (Phi) is 7.37. The van der Waals surface area contributed by atoms with Crippen LogP contribution in [0.5, 0.6) is 0 Å². The Hall–Kier alpha value is -7.47. The molecule has 12 aromatic rings. The summed E-state index contributed by atoms with van der Waals surface area (Å²) in [6, 6.07) is 69.2. The molecule has 0 spiro atoms. The molecule has 58 heavy (non-hydrogen) atoms. The van der Waals surface area contributed by atoms with Gasteiger partial charge in [0.1, 0.15) is 0 Å². The van der Waals surface area contributed by atoms with Crippen LogP contribution in [0.15, 0.2) is 194 Å². The van der Waals surface area contributed by atoms with Crippen LogP contribution in [0.3, 0.4) is 0 Å². The molecule has 0 atom stereocenters. The molecular formula is C53H32N4S. The highest BCUT2D eigenvalue weighted by molar-refractivity contribution is 7.26. The third-order valence-electron chi connectivity index (χ3n) is 11.4. The number of benzene rings is 9. The number of fused-ring (bicyclic) bond motifs is 8. The van der Waals surface area contributed by atoms with E-state index in [9.17, 15) is 0 Å². The minimum atomic E-state index is 0.629. The smallest absolute Gasteiger partial charge is 0.164 e. The van der Waals surface area contributed by atoms with Gasteiger partial charge in [-0.2, -0.15) is 0 Å². The standard InChI is InChI=1S/C53H32N4S/c1-2-15-34(16-3-1)51-54-52(43-25-12-19-33-14-6-7-20-38(33)43)56-53(55-51)44-29-28-37(32-45(44)42-24-13-23-41-40-22-9-11-27-49(40)58-50(41)42)57-47-26-10-8-21-39(47)46-30-35-17-4-5-18-36(35)31-48(46)57/h1-32H. The third kappa shape index (κ3) is 5.18. The summed E-state index contributed by atoms with van der Waals surface area (Å²) in [5.74, 6) is 1.91. The Labute approximate surface area is 338 Å². The lowest BCUT2D eigenvalue weighted by Gasteiger charge is -2.16. The molecule has 12 rings (SSSR count). The molecule has 0 aliphatic carbocycles. The van der Waals surface area contributed by atoms with Gasteiger partial charge in [-0.25, -0.2) is 15.0 Å². The molecule has 5 heteroatoms. The summed E-state index contributed by atoms with van der Waals surface area (Å²) in [5.41, 5.74) is 8.48.